The number of primary amides is 1. The average molecular weight is 203 g/mol. The zero-order valence-electron chi connectivity index (χ0n) is 9.55. The van der Waals surface area contributed by atoms with E-state index in [2.05, 4.69) is 32.6 Å². The van der Waals surface area contributed by atoms with Gasteiger partial charge < -0.3 is 5.73 Å². The first-order valence-electron chi connectivity index (χ1n) is 4.96. The van der Waals surface area contributed by atoms with Crippen molar-refractivity contribution in [2.75, 3.05) is 0 Å². The summed E-state index contributed by atoms with van der Waals surface area (Å²) in [5.74, 6) is -0.423. The zero-order chi connectivity index (χ0) is 11.6. The van der Waals surface area contributed by atoms with Crippen molar-refractivity contribution in [3.05, 3.63) is 46.5 Å². The Labute approximate surface area is 90.8 Å². The highest BCUT2D eigenvalue weighted by molar-refractivity contribution is 5.91. The fourth-order valence-corrected chi connectivity index (χ4v) is 1.53. The van der Waals surface area contributed by atoms with E-state index in [-0.39, 0.29) is 0 Å². The van der Waals surface area contributed by atoms with Crippen LogP contribution in [0.5, 0.6) is 0 Å². The van der Waals surface area contributed by atoms with Gasteiger partial charge in [0.2, 0.25) is 5.91 Å². The Morgan fingerprint density at radius 1 is 1.20 bits per heavy atom. The number of carbonyl (C=O) groups excluding carboxylic acids is 1. The molecule has 0 atom stereocenters. The van der Waals surface area contributed by atoms with Gasteiger partial charge in [0.25, 0.3) is 0 Å². The average Bonchev–Trinajstić information content (AvgIpc) is 2.13. The minimum atomic E-state index is -0.423. The molecule has 1 amide bonds. The van der Waals surface area contributed by atoms with E-state index in [9.17, 15) is 4.79 Å². The third-order valence-corrected chi connectivity index (χ3v) is 2.70. The lowest BCUT2D eigenvalue weighted by Crippen LogP contribution is -2.15. The first-order chi connectivity index (χ1) is 6.91. The van der Waals surface area contributed by atoms with E-state index in [4.69, 9.17) is 5.73 Å². The largest absolute Gasteiger partial charge is 0.366 e. The maximum Gasteiger partial charge on any atom is 0.244 e. The maximum atomic E-state index is 10.9. The monoisotopic (exact) mass is 203 g/mol. The summed E-state index contributed by atoms with van der Waals surface area (Å²) >= 11 is 0. The van der Waals surface area contributed by atoms with Crippen LogP contribution in [-0.4, -0.2) is 5.91 Å². The van der Waals surface area contributed by atoms with Gasteiger partial charge >= 0.3 is 0 Å². The Kier molecular flexibility index (Phi) is 3.30. The summed E-state index contributed by atoms with van der Waals surface area (Å²) in [6, 6.07) is 4.22. The number of rotatable bonds is 3. The SMILES string of the molecule is C=C(Cc1cc(C)c(C)cc1C)C(N)=O. The van der Waals surface area contributed by atoms with Crippen LogP contribution >= 0.6 is 0 Å². The van der Waals surface area contributed by atoms with E-state index in [0.29, 0.717) is 12.0 Å². The van der Waals surface area contributed by atoms with Crippen LogP contribution in [0.3, 0.4) is 0 Å². The number of aryl methyl sites for hydroxylation is 3. The lowest BCUT2D eigenvalue weighted by atomic mass is 9.96. The van der Waals surface area contributed by atoms with E-state index >= 15 is 0 Å². The predicted octanol–water partition coefficient (Wildman–Crippen LogP) is 2.20. The van der Waals surface area contributed by atoms with E-state index in [1.807, 2.05) is 6.92 Å². The molecule has 0 aliphatic carbocycles. The molecule has 15 heavy (non-hydrogen) atoms. The predicted molar refractivity (Wildman–Crippen MR) is 62.7 cm³/mol. The molecule has 0 aromatic heterocycles. The van der Waals surface area contributed by atoms with Gasteiger partial charge in [-0.05, 0) is 43.0 Å². The summed E-state index contributed by atoms with van der Waals surface area (Å²) in [7, 11) is 0. The number of carbonyl (C=O) groups is 1. The quantitative estimate of drug-likeness (QED) is 0.752. The van der Waals surface area contributed by atoms with Crippen LogP contribution in [0.4, 0.5) is 0 Å². The second-order valence-corrected chi connectivity index (χ2v) is 4.01. The summed E-state index contributed by atoms with van der Waals surface area (Å²) in [6.07, 6.45) is 0.544. The van der Waals surface area contributed by atoms with Crippen molar-refractivity contribution in [3.63, 3.8) is 0 Å². The minimum absolute atomic E-state index is 0.423. The van der Waals surface area contributed by atoms with Crippen molar-refractivity contribution >= 4 is 5.91 Å². The zero-order valence-corrected chi connectivity index (χ0v) is 9.55. The Morgan fingerprint density at radius 3 is 2.27 bits per heavy atom. The first-order valence-corrected chi connectivity index (χ1v) is 4.96. The Morgan fingerprint density at radius 2 is 1.73 bits per heavy atom. The van der Waals surface area contributed by atoms with Gasteiger partial charge in [-0.25, -0.2) is 0 Å². The highest BCUT2D eigenvalue weighted by Gasteiger charge is 2.07. The van der Waals surface area contributed by atoms with Crippen molar-refractivity contribution in [2.24, 2.45) is 5.73 Å². The standard InChI is InChI=1S/C13H17NO/c1-8-5-10(3)12(6-9(8)2)7-11(4)13(14)15/h5-6H,4,7H2,1-3H3,(H2,14,15). The van der Waals surface area contributed by atoms with Crippen molar-refractivity contribution < 1.29 is 4.79 Å². The van der Waals surface area contributed by atoms with Crippen LogP contribution in [0.2, 0.25) is 0 Å². The molecular formula is C13H17NO. The Hall–Kier alpha value is -1.57. The van der Waals surface area contributed by atoms with Crippen LogP contribution in [0.1, 0.15) is 22.3 Å². The van der Waals surface area contributed by atoms with E-state index < -0.39 is 5.91 Å². The molecule has 0 aliphatic heterocycles. The third-order valence-electron chi connectivity index (χ3n) is 2.70. The summed E-state index contributed by atoms with van der Waals surface area (Å²) in [5, 5.41) is 0. The first kappa shape index (κ1) is 11.5. The van der Waals surface area contributed by atoms with Crippen molar-refractivity contribution in [1.82, 2.24) is 0 Å². The molecule has 80 valence electrons. The van der Waals surface area contributed by atoms with E-state index in [0.717, 1.165) is 5.56 Å². The molecule has 1 aromatic carbocycles. The van der Waals surface area contributed by atoms with Crippen molar-refractivity contribution in [3.8, 4) is 0 Å². The number of nitrogens with two attached hydrogens (primary N) is 1. The van der Waals surface area contributed by atoms with Crippen LogP contribution in [0, 0.1) is 20.8 Å². The maximum absolute atomic E-state index is 10.9. The van der Waals surface area contributed by atoms with Crippen LogP contribution in [0.25, 0.3) is 0 Å². The normalized spacial score (nSPS) is 10.1. The van der Waals surface area contributed by atoms with Crippen LogP contribution < -0.4 is 5.73 Å². The lowest BCUT2D eigenvalue weighted by Gasteiger charge is -2.09. The van der Waals surface area contributed by atoms with Gasteiger partial charge in [0, 0.05) is 12.0 Å². The summed E-state index contributed by atoms with van der Waals surface area (Å²) in [6.45, 7) is 9.85. The second-order valence-electron chi connectivity index (χ2n) is 4.01. The summed E-state index contributed by atoms with van der Waals surface area (Å²) in [4.78, 5) is 10.9. The Balaban J connectivity index is 3.01. The van der Waals surface area contributed by atoms with Gasteiger partial charge in [0.05, 0.1) is 0 Å². The molecule has 2 heteroatoms. The number of hydrogen-bond donors (Lipinski definition) is 1. The van der Waals surface area contributed by atoms with Gasteiger partial charge in [-0.2, -0.15) is 0 Å². The second kappa shape index (κ2) is 4.30. The summed E-state index contributed by atoms with van der Waals surface area (Å²) in [5.41, 5.74) is 10.4. The highest BCUT2D eigenvalue weighted by atomic mass is 16.1. The number of amides is 1. The molecule has 0 saturated heterocycles. The van der Waals surface area contributed by atoms with Gasteiger partial charge in [0.1, 0.15) is 0 Å². The van der Waals surface area contributed by atoms with Gasteiger partial charge in [-0.3, -0.25) is 4.79 Å². The molecule has 0 saturated carbocycles. The molecule has 0 spiro atoms. The minimum Gasteiger partial charge on any atom is -0.366 e. The van der Waals surface area contributed by atoms with Crippen molar-refractivity contribution in [2.45, 2.75) is 27.2 Å². The van der Waals surface area contributed by atoms with Crippen LogP contribution in [0.15, 0.2) is 24.3 Å². The molecule has 2 nitrogen and oxygen atoms in total. The van der Waals surface area contributed by atoms with Gasteiger partial charge in [-0.1, -0.05) is 18.7 Å². The van der Waals surface area contributed by atoms with Gasteiger partial charge in [0.15, 0.2) is 0 Å². The number of benzene rings is 1. The number of hydrogen-bond acceptors (Lipinski definition) is 1. The third kappa shape index (κ3) is 2.69. The summed E-state index contributed by atoms with van der Waals surface area (Å²) < 4.78 is 0. The molecule has 0 bridgehead atoms. The molecule has 0 heterocycles. The van der Waals surface area contributed by atoms with Crippen LogP contribution in [-0.2, 0) is 11.2 Å². The molecule has 2 N–H and O–H groups in total. The fraction of sp³-hybridized carbons (Fsp3) is 0.308. The molecule has 0 unspecified atom stereocenters. The van der Waals surface area contributed by atoms with Crippen molar-refractivity contribution in [1.29, 1.82) is 0 Å². The molecule has 1 aromatic rings. The topological polar surface area (TPSA) is 43.1 Å². The lowest BCUT2D eigenvalue weighted by molar-refractivity contribution is -0.114. The Bertz CT molecular complexity index is 419. The molecule has 1 rings (SSSR count). The molecular weight excluding hydrogens is 186 g/mol. The van der Waals surface area contributed by atoms with E-state index in [1.165, 1.54) is 16.7 Å². The highest BCUT2D eigenvalue weighted by Crippen LogP contribution is 2.17. The molecule has 0 radical (unpaired) electrons. The van der Waals surface area contributed by atoms with E-state index in [1.54, 1.807) is 0 Å². The van der Waals surface area contributed by atoms with Gasteiger partial charge in [-0.15, -0.1) is 0 Å². The molecule has 0 aliphatic rings. The smallest absolute Gasteiger partial charge is 0.244 e. The fourth-order valence-electron chi connectivity index (χ4n) is 1.53. The molecule has 0 fully saturated rings.